The SMILES string of the molecule is CCNC(=NCC(O)COCc1ccccc1)NCCc1cccc(Cl)c1. The third-order valence-corrected chi connectivity index (χ3v) is 4.06. The molecule has 3 N–H and O–H groups in total. The number of benzene rings is 2. The Bertz CT molecular complexity index is 695. The van der Waals surface area contributed by atoms with Gasteiger partial charge in [-0.1, -0.05) is 54.1 Å². The van der Waals surface area contributed by atoms with E-state index < -0.39 is 6.10 Å². The van der Waals surface area contributed by atoms with E-state index in [9.17, 15) is 5.11 Å². The first-order valence-electron chi connectivity index (χ1n) is 9.23. The van der Waals surface area contributed by atoms with Gasteiger partial charge < -0.3 is 20.5 Å². The third-order valence-electron chi connectivity index (χ3n) is 3.82. The van der Waals surface area contributed by atoms with Gasteiger partial charge in [0.1, 0.15) is 0 Å². The zero-order chi connectivity index (χ0) is 19.3. The molecule has 1 atom stereocenters. The van der Waals surface area contributed by atoms with Gasteiger partial charge in [0, 0.05) is 18.1 Å². The zero-order valence-corrected chi connectivity index (χ0v) is 16.5. The molecular weight excluding hydrogens is 362 g/mol. The van der Waals surface area contributed by atoms with Crippen molar-refractivity contribution < 1.29 is 9.84 Å². The molecule has 0 amide bonds. The second-order valence-corrected chi connectivity index (χ2v) is 6.62. The van der Waals surface area contributed by atoms with Crippen molar-refractivity contribution in [1.82, 2.24) is 10.6 Å². The number of ether oxygens (including phenoxy) is 1. The molecular formula is C21H28ClN3O2. The molecule has 0 radical (unpaired) electrons. The van der Waals surface area contributed by atoms with E-state index in [1.54, 1.807) is 0 Å². The van der Waals surface area contributed by atoms with Crippen molar-refractivity contribution in [3.63, 3.8) is 0 Å². The lowest BCUT2D eigenvalue weighted by Crippen LogP contribution is -2.39. The van der Waals surface area contributed by atoms with E-state index in [-0.39, 0.29) is 13.2 Å². The maximum Gasteiger partial charge on any atom is 0.191 e. The Morgan fingerprint density at radius 1 is 1.11 bits per heavy atom. The fourth-order valence-corrected chi connectivity index (χ4v) is 2.71. The summed E-state index contributed by atoms with van der Waals surface area (Å²) in [7, 11) is 0. The lowest BCUT2D eigenvalue weighted by Gasteiger charge is -2.13. The van der Waals surface area contributed by atoms with Crippen LogP contribution in [0.1, 0.15) is 18.1 Å². The van der Waals surface area contributed by atoms with Crippen LogP contribution in [0.4, 0.5) is 0 Å². The number of hydrogen-bond acceptors (Lipinski definition) is 3. The van der Waals surface area contributed by atoms with E-state index in [2.05, 4.69) is 15.6 Å². The van der Waals surface area contributed by atoms with Crippen LogP contribution in [-0.2, 0) is 17.8 Å². The molecule has 0 saturated carbocycles. The highest BCUT2D eigenvalue weighted by molar-refractivity contribution is 6.30. The highest BCUT2D eigenvalue weighted by Gasteiger charge is 2.05. The predicted molar refractivity (Wildman–Crippen MR) is 111 cm³/mol. The summed E-state index contributed by atoms with van der Waals surface area (Å²) in [6.07, 6.45) is 0.199. The minimum Gasteiger partial charge on any atom is -0.389 e. The highest BCUT2D eigenvalue weighted by Crippen LogP contribution is 2.10. The van der Waals surface area contributed by atoms with E-state index >= 15 is 0 Å². The summed E-state index contributed by atoms with van der Waals surface area (Å²) < 4.78 is 5.55. The molecule has 0 saturated heterocycles. The van der Waals surface area contributed by atoms with Gasteiger partial charge in [-0.05, 0) is 36.6 Å². The quantitative estimate of drug-likeness (QED) is 0.431. The molecule has 0 bridgehead atoms. The molecule has 27 heavy (non-hydrogen) atoms. The summed E-state index contributed by atoms with van der Waals surface area (Å²) in [5, 5.41) is 17.3. The van der Waals surface area contributed by atoms with Crippen LogP contribution in [0.3, 0.4) is 0 Å². The smallest absolute Gasteiger partial charge is 0.191 e. The number of aliphatic hydroxyl groups is 1. The number of nitrogens with zero attached hydrogens (tertiary/aromatic N) is 1. The molecule has 2 aromatic carbocycles. The summed E-state index contributed by atoms with van der Waals surface area (Å²) in [5.74, 6) is 0.682. The molecule has 1 unspecified atom stereocenters. The van der Waals surface area contributed by atoms with E-state index in [0.717, 1.165) is 30.1 Å². The fraction of sp³-hybridized carbons (Fsp3) is 0.381. The van der Waals surface area contributed by atoms with Gasteiger partial charge in [0.2, 0.25) is 0 Å². The molecule has 2 rings (SSSR count). The Balaban J connectivity index is 1.71. The number of hydrogen-bond donors (Lipinski definition) is 3. The number of nitrogens with one attached hydrogen (secondary N) is 2. The van der Waals surface area contributed by atoms with Gasteiger partial charge in [-0.25, -0.2) is 0 Å². The van der Waals surface area contributed by atoms with Crippen molar-refractivity contribution >= 4 is 17.6 Å². The Labute approximate surface area is 166 Å². The predicted octanol–water partition coefficient (Wildman–Crippen LogP) is 3.02. The van der Waals surface area contributed by atoms with Crippen LogP contribution in [0.25, 0.3) is 0 Å². The minimum atomic E-state index is -0.642. The number of aliphatic hydroxyl groups excluding tert-OH is 1. The zero-order valence-electron chi connectivity index (χ0n) is 15.7. The monoisotopic (exact) mass is 389 g/mol. The van der Waals surface area contributed by atoms with Crippen LogP contribution >= 0.6 is 11.6 Å². The van der Waals surface area contributed by atoms with Crippen molar-refractivity contribution in [2.75, 3.05) is 26.2 Å². The second-order valence-electron chi connectivity index (χ2n) is 6.18. The maximum absolute atomic E-state index is 10.1. The van der Waals surface area contributed by atoms with Crippen LogP contribution in [-0.4, -0.2) is 43.4 Å². The normalized spacial score (nSPS) is 12.6. The molecule has 5 nitrogen and oxygen atoms in total. The number of aliphatic imine (C=N–C) groups is 1. The van der Waals surface area contributed by atoms with Gasteiger partial charge in [-0.3, -0.25) is 4.99 Å². The third kappa shape index (κ3) is 8.91. The van der Waals surface area contributed by atoms with Crippen molar-refractivity contribution in [3.05, 3.63) is 70.7 Å². The standard InChI is InChI=1S/C21H28ClN3O2/c1-2-23-21(24-12-11-17-9-6-10-19(22)13-17)25-14-20(26)16-27-15-18-7-4-3-5-8-18/h3-10,13,20,26H,2,11-12,14-16H2,1H3,(H2,23,24,25). The first-order chi connectivity index (χ1) is 13.2. The summed E-state index contributed by atoms with van der Waals surface area (Å²) in [5.41, 5.74) is 2.25. The lowest BCUT2D eigenvalue weighted by molar-refractivity contribution is 0.0331. The number of guanidine groups is 1. The average molecular weight is 390 g/mol. The van der Waals surface area contributed by atoms with Gasteiger partial charge >= 0.3 is 0 Å². The first-order valence-corrected chi connectivity index (χ1v) is 9.61. The molecule has 0 aliphatic carbocycles. The van der Waals surface area contributed by atoms with Gasteiger partial charge in [0.25, 0.3) is 0 Å². The van der Waals surface area contributed by atoms with Crippen molar-refractivity contribution in [3.8, 4) is 0 Å². The number of halogens is 1. The summed E-state index contributed by atoms with van der Waals surface area (Å²) in [4.78, 5) is 4.43. The Morgan fingerprint density at radius 2 is 1.89 bits per heavy atom. The van der Waals surface area contributed by atoms with E-state index in [1.165, 1.54) is 5.56 Å². The van der Waals surface area contributed by atoms with E-state index in [0.29, 0.717) is 12.6 Å². The Hall–Kier alpha value is -2.08. The topological polar surface area (TPSA) is 65.9 Å². The molecule has 0 spiro atoms. The van der Waals surface area contributed by atoms with E-state index in [1.807, 2.05) is 61.5 Å². The van der Waals surface area contributed by atoms with Crippen LogP contribution in [0.15, 0.2) is 59.6 Å². The minimum absolute atomic E-state index is 0.250. The largest absolute Gasteiger partial charge is 0.389 e. The van der Waals surface area contributed by atoms with Gasteiger partial charge in [-0.15, -0.1) is 0 Å². The van der Waals surface area contributed by atoms with Crippen LogP contribution in [0.5, 0.6) is 0 Å². The lowest BCUT2D eigenvalue weighted by atomic mass is 10.1. The van der Waals surface area contributed by atoms with Crippen molar-refractivity contribution in [1.29, 1.82) is 0 Å². The molecule has 0 fully saturated rings. The molecule has 6 heteroatoms. The maximum atomic E-state index is 10.1. The Kier molecular flexibility index (Phi) is 9.69. The molecule has 0 aliphatic heterocycles. The second kappa shape index (κ2) is 12.3. The van der Waals surface area contributed by atoms with Crippen molar-refractivity contribution in [2.45, 2.75) is 26.1 Å². The Morgan fingerprint density at radius 3 is 2.63 bits per heavy atom. The molecule has 0 heterocycles. The molecule has 2 aromatic rings. The average Bonchev–Trinajstić information content (AvgIpc) is 2.67. The molecule has 0 aromatic heterocycles. The number of rotatable bonds is 10. The van der Waals surface area contributed by atoms with Crippen LogP contribution in [0, 0.1) is 0 Å². The highest BCUT2D eigenvalue weighted by atomic mass is 35.5. The van der Waals surface area contributed by atoms with Gasteiger partial charge in [0.15, 0.2) is 5.96 Å². The molecule has 0 aliphatic rings. The summed E-state index contributed by atoms with van der Waals surface area (Å²) in [6, 6.07) is 17.7. The van der Waals surface area contributed by atoms with Gasteiger partial charge in [-0.2, -0.15) is 0 Å². The summed E-state index contributed by atoms with van der Waals surface area (Å²) in [6.45, 7) is 4.51. The van der Waals surface area contributed by atoms with Gasteiger partial charge in [0.05, 0.1) is 25.9 Å². The first kappa shape index (κ1) is 21.2. The van der Waals surface area contributed by atoms with Crippen LogP contribution in [0.2, 0.25) is 5.02 Å². The fourth-order valence-electron chi connectivity index (χ4n) is 2.50. The molecule has 146 valence electrons. The van der Waals surface area contributed by atoms with E-state index in [4.69, 9.17) is 16.3 Å². The van der Waals surface area contributed by atoms with Crippen LogP contribution < -0.4 is 10.6 Å². The van der Waals surface area contributed by atoms with Crippen molar-refractivity contribution in [2.24, 2.45) is 4.99 Å². The summed E-state index contributed by atoms with van der Waals surface area (Å²) >= 11 is 6.01.